The lowest BCUT2D eigenvalue weighted by Gasteiger charge is -2.42. The second-order valence-electron chi connectivity index (χ2n) is 11.8. The fourth-order valence-electron chi connectivity index (χ4n) is 5.90. The van der Waals surface area contributed by atoms with Gasteiger partial charge in [0.25, 0.3) is 15.6 Å². The summed E-state index contributed by atoms with van der Waals surface area (Å²) >= 11 is 20.9. The van der Waals surface area contributed by atoms with Crippen molar-refractivity contribution in [2.45, 2.75) is 23.2 Å². The van der Waals surface area contributed by atoms with Crippen LogP contribution in [0.2, 0.25) is 0 Å². The second kappa shape index (κ2) is 16.0. The van der Waals surface area contributed by atoms with E-state index in [1.165, 1.54) is 0 Å². The van der Waals surface area contributed by atoms with Gasteiger partial charge in [0, 0.05) is 54.7 Å². The number of rotatable bonds is 13. The van der Waals surface area contributed by atoms with Crippen LogP contribution in [0.15, 0.2) is 95.0 Å². The molecule has 3 aromatic carbocycles. The monoisotopic (exact) mass is 747 g/mol. The van der Waals surface area contributed by atoms with E-state index in [0.29, 0.717) is 44.6 Å². The summed E-state index contributed by atoms with van der Waals surface area (Å²) in [5, 5.41) is 2.81. The molecule has 0 bridgehead atoms. The van der Waals surface area contributed by atoms with Crippen LogP contribution in [0.1, 0.15) is 27.9 Å². The highest BCUT2D eigenvalue weighted by atomic mass is 79.9. The molecule has 0 saturated carbocycles. The van der Waals surface area contributed by atoms with Crippen molar-refractivity contribution in [3.8, 4) is 5.75 Å². The van der Waals surface area contributed by atoms with E-state index in [1.807, 2.05) is 71.6 Å². The van der Waals surface area contributed by atoms with Crippen LogP contribution in [0.25, 0.3) is 0 Å². The van der Waals surface area contributed by atoms with Gasteiger partial charge in [-0.3, -0.25) is 14.5 Å². The van der Waals surface area contributed by atoms with Gasteiger partial charge in [-0.2, -0.15) is 0 Å². The molecule has 1 aliphatic carbocycles. The molecule has 5 rings (SSSR count). The Morgan fingerprint density at radius 1 is 0.957 bits per heavy atom. The number of carbonyl (C=O) groups is 2. The molecule has 2 aliphatic rings. The third-order valence-electron chi connectivity index (χ3n) is 8.17. The smallest absolute Gasteiger partial charge is 0.272 e. The number of nitrogens with one attached hydrogen (secondary N) is 1. The van der Waals surface area contributed by atoms with E-state index in [2.05, 4.69) is 44.4 Å². The molecule has 7 nitrogen and oxygen atoms in total. The molecule has 3 aromatic rings. The average Bonchev–Trinajstić information content (AvgIpc) is 3.03. The Bertz CT molecular complexity index is 1510. The quantitative estimate of drug-likeness (QED) is 0.153. The van der Waals surface area contributed by atoms with Gasteiger partial charge in [0.05, 0.1) is 13.2 Å². The van der Waals surface area contributed by atoms with Gasteiger partial charge in [-0.15, -0.1) is 0 Å². The van der Waals surface area contributed by atoms with Crippen LogP contribution < -0.4 is 10.1 Å². The zero-order valence-corrected chi connectivity index (χ0v) is 29.3. The van der Waals surface area contributed by atoms with Crippen molar-refractivity contribution in [1.29, 1.82) is 0 Å². The SMILES string of the molecule is O=C(c1ccc(Br)cc1)N(CC1=CC(CNC(=O)C(Cl)(Cl)Cl)(Cc2ccccc2)C1)Cc1cccc(OCCN2CCOCC2)c1. The molecule has 1 N–H and O–H groups in total. The van der Waals surface area contributed by atoms with Crippen molar-refractivity contribution in [2.75, 3.05) is 52.5 Å². The number of carbonyl (C=O) groups excluding carboxylic acids is 2. The molecule has 0 spiro atoms. The molecule has 1 unspecified atom stereocenters. The highest BCUT2D eigenvalue weighted by Gasteiger charge is 2.40. The fraction of sp³-hybridized carbons (Fsp3) is 0.371. The summed E-state index contributed by atoms with van der Waals surface area (Å²) in [6, 6.07) is 25.4. The zero-order valence-electron chi connectivity index (χ0n) is 25.4. The Labute approximate surface area is 293 Å². The van der Waals surface area contributed by atoms with Crippen LogP contribution in [0.4, 0.5) is 0 Å². The minimum absolute atomic E-state index is 0.0721. The van der Waals surface area contributed by atoms with Crippen molar-refractivity contribution in [3.05, 3.63) is 112 Å². The Balaban J connectivity index is 1.32. The predicted molar refractivity (Wildman–Crippen MR) is 187 cm³/mol. The van der Waals surface area contributed by atoms with Gasteiger partial charge in [0.1, 0.15) is 12.4 Å². The van der Waals surface area contributed by atoms with Gasteiger partial charge in [0.15, 0.2) is 0 Å². The van der Waals surface area contributed by atoms with Crippen LogP contribution in [-0.4, -0.2) is 78.0 Å². The van der Waals surface area contributed by atoms with E-state index in [4.69, 9.17) is 44.3 Å². The molecule has 2 amide bonds. The van der Waals surface area contributed by atoms with E-state index >= 15 is 0 Å². The summed E-state index contributed by atoms with van der Waals surface area (Å²) in [6.07, 6.45) is 3.53. The van der Waals surface area contributed by atoms with Crippen LogP contribution in [0, 0.1) is 5.41 Å². The molecule has 244 valence electrons. The number of nitrogens with zero attached hydrogens (tertiary/aromatic N) is 2. The first-order valence-electron chi connectivity index (χ1n) is 15.2. The molecule has 1 fully saturated rings. The normalized spacial score (nSPS) is 18.3. The van der Waals surface area contributed by atoms with Crippen LogP contribution in [0.3, 0.4) is 0 Å². The summed E-state index contributed by atoms with van der Waals surface area (Å²) in [6.45, 7) is 5.91. The summed E-state index contributed by atoms with van der Waals surface area (Å²) in [7, 11) is 0. The summed E-state index contributed by atoms with van der Waals surface area (Å²) < 4.78 is 10.4. The number of ether oxygens (including phenoxy) is 2. The summed E-state index contributed by atoms with van der Waals surface area (Å²) in [5.41, 5.74) is 3.44. The molecular formula is C35H37BrCl3N3O4. The van der Waals surface area contributed by atoms with Crippen molar-refractivity contribution in [3.63, 3.8) is 0 Å². The average molecular weight is 750 g/mol. The van der Waals surface area contributed by atoms with Crippen LogP contribution in [-0.2, 0) is 22.5 Å². The van der Waals surface area contributed by atoms with Gasteiger partial charge in [-0.25, -0.2) is 0 Å². The Hall–Kier alpha value is -2.59. The number of halogens is 4. The lowest BCUT2D eigenvalue weighted by Crippen LogP contribution is -2.47. The summed E-state index contributed by atoms with van der Waals surface area (Å²) in [4.78, 5) is 30.5. The van der Waals surface area contributed by atoms with E-state index in [9.17, 15) is 9.59 Å². The lowest BCUT2D eigenvalue weighted by molar-refractivity contribution is -0.120. The minimum Gasteiger partial charge on any atom is -0.492 e. The molecule has 1 aliphatic heterocycles. The van der Waals surface area contributed by atoms with Crippen molar-refractivity contribution < 1.29 is 19.1 Å². The van der Waals surface area contributed by atoms with Crippen molar-refractivity contribution in [1.82, 2.24) is 15.1 Å². The number of hydrogen-bond donors (Lipinski definition) is 1. The Morgan fingerprint density at radius 2 is 1.65 bits per heavy atom. The van der Waals surface area contributed by atoms with E-state index in [1.54, 1.807) is 0 Å². The number of hydrogen-bond acceptors (Lipinski definition) is 5. The Morgan fingerprint density at radius 3 is 2.35 bits per heavy atom. The summed E-state index contributed by atoms with van der Waals surface area (Å²) in [5.74, 6) is 0.0409. The maximum absolute atomic E-state index is 13.9. The number of benzene rings is 3. The minimum atomic E-state index is -2.04. The largest absolute Gasteiger partial charge is 0.492 e. The standard InChI is InChI=1S/C35H37BrCl3N3O4/c36-30-11-9-29(10-12-30)32(43)42(23-27-7-4-8-31(19-27)46-18-15-41-13-16-45-17-14-41)24-28-21-34(22-28,20-26-5-2-1-3-6-26)25-40-33(44)35(37,38)39/h1-12,19,21H,13-18,20,22-25H2,(H,40,44). The molecule has 0 aromatic heterocycles. The molecule has 0 radical (unpaired) electrons. The number of amides is 2. The molecule has 1 atom stereocenters. The molecule has 11 heteroatoms. The lowest BCUT2D eigenvalue weighted by atomic mass is 9.67. The highest BCUT2D eigenvalue weighted by molar-refractivity contribution is 9.10. The number of morpholine rings is 1. The highest BCUT2D eigenvalue weighted by Crippen LogP contribution is 2.42. The van der Waals surface area contributed by atoms with Crippen LogP contribution in [0.5, 0.6) is 5.75 Å². The third kappa shape index (κ3) is 9.96. The van der Waals surface area contributed by atoms with E-state index in [0.717, 1.165) is 59.8 Å². The molecule has 46 heavy (non-hydrogen) atoms. The van der Waals surface area contributed by atoms with Crippen molar-refractivity contribution >= 4 is 62.5 Å². The van der Waals surface area contributed by atoms with Gasteiger partial charge in [0.2, 0.25) is 0 Å². The number of alkyl halides is 3. The van der Waals surface area contributed by atoms with Gasteiger partial charge < -0.3 is 19.7 Å². The first-order valence-corrected chi connectivity index (χ1v) is 17.2. The first-order chi connectivity index (χ1) is 22.1. The van der Waals surface area contributed by atoms with Gasteiger partial charge in [-0.1, -0.05) is 105 Å². The molecule has 1 saturated heterocycles. The van der Waals surface area contributed by atoms with Gasteiger partial charge >= 0.3 is 0 Å². The maximum Gasteiger partial charge on any atom is 0.272 e. The second-order valence-corrected chi connectivity index (χ2v) is 15.0. The zero-order chi connectivity index (χ0) is 32.6. The van der Waals surface area contributed by atoms with Crippen LogP contribution >= 0.6 is 50.7 Å². The van der Waals surface area contributed by atoms with Gasteiger partial charge in [-0.05, 0) is 60.4 Å². The fourth-order valence-corrected chi connectivity index (χ4v) is 6.36. The molecular weight excluding hydrogens is 713 g/mol. The topological polar surface area (TPSA) is 71.1 Å². The van der Waals surface area contributed by atoms with E-state index in [-0.39, 0.29) is 11.3 Å². The predicted octanol–water partition coefficient (Wildman–Crippen LogP) is 6.85. The third-order valence-corrected chi connectivity index (χ3v) is 9.21. The maximum atomic E-state index is 13.9. The Kier molecular flexibility index (Phi) is 12.1. The first kappa shape index (κ1) is 34.7. The van der Waals surface area contributed by atoms with E-state index < -0.39 is 9.70 Å². The molecule has 1 heterocycles. The van der Waals surface area contributed by atoms with Crippen molar-refractivity contribution in [2.24, 2.45) is 5.41 Å².